The summed E-state index contributed by atoms with van der Waals surface area (Å²) in [5, 5.41) is -0.0340. The fourth-order valence-corrected chi connectivity index (χ4v) is 3.25. The van der Waals surface area contributed by atoms with Crippen molar-refractivity contribution in [3.63, 3.8) is 0 Å². The molecule has 0 saturated heterocycles. The molecule has 2 aromatic rings. The van der Waals surface area contributed by atoms with E-state index in [0.717, 1.165) is 17.7 Å². The summed E-state index contributed by atoms with van der Waals surface area (Å²) in [6, 6.07) is 18.7. The topological polar surface area (TPSA) is 9.23 Å². The first-order chi connectivity index (χ1) is 10.2. The van der Waals surface area contributed by atoms with Crippen LogP contribution in [0.3, 0.4) is 0 Å². The van der Waals surface area contributed by atoms with Crippen LogP contribution in [0.25, 0.3) is 0 Å². The molecule has 0 aliphatic rings. The van der Waals surface area contributed by atoms with Gasteiger partial charge in [0.1, 0.15) is 5.75 Å². The Bertz CT molecular complexity index is 535. The molecular formula is C19H23ClO. The van der Waals surface area contributed by atoms with Crippen LogP contribution in [0.4, 0.5) is 0 Å². The van der Waals surface area contributed by atoms with Crippen LogP contribution in [0.2, 0.25) is 0 Å². The molecule has 0 N–H and O–H groups in total. The molecular weight excluding hydrogens is 280 g/mol. The smallest absolute Gasteiger partial charge is 0.118 e. The highest BCUT2D eigenvalue weighted by molar-refractivity contribution is 6.21. The van der Waals surface area contributed by atoms with Crippen LogP contribution in [0.5, 0.6) is 5.75 Å². The summed E-state index contributed by atoms with van der Waals surface area (Å²) >= 11 is 6.84. The third-order valence-corrected chi connectivity index (χ3v) is 4.71. The molecule has 0 radical (unpaired) electrons. The summed E-state index contributed by atoms with van der Waals surface area (Å²) in [5.41, 5.74) is 2.45. The summed E-state index contributed by atoms with van der Waals surface area (Å²) < 4.78 is 5.22. The Labute approximate surface area is 132 Å². The maximum absolute atomic E-state index is 6.84. The van der Waals surface area contributed by atoms with Crippen LogP contribution in [0.1, 0.15) is 42.7 Å². The van der Waals surface area contributed by atoms with E-state index < -0.39 is 0 Å². The highest BCUT2D eigenvalue weighted by Gasteiger charge is 2.27. The summed E-state index contributed by atoms with van der Waals surface area (Å²) in [7, 11) is 1.68. The van der Waals surface area contributed by atoms with Crippen molar-refractivity contribution in [3.05, 3.63) is 65.7 Å². The van der Waals surface area contributed by atoms with E-state index in [4.69, 9.17) is 16.3 Å². The van der Waals surface area contributed by atoms with Crippen LogP contribution in [0, 0.1) is 5.92 Å². The minimum atomic E-state index is -0.0340. The minimum absolute atomic E-state index is 0.0340. The second kappa shape index (κ2) is 7.51. The van der Waals surface area contributed by atoms with Crippen molar-refractivity contribution in [1.82, 2.24) is 0 Å². The Morgan fingerprint density at radius 2 is 1.57 bits per heavy atom. The van der Waals surface area contributed by atoms with Gasteiger partial charge in [0.05, 0.1) is 12.5 Å². The first-order valence-corrected chi connectivity index (χ1v) is 7.94. The van der Waals surface area contributed by atoms with Gasteiger partial charge in [-0.1, -0.05) is 62.7 Å². The minimum Gasteiger partial charge on any atom is -0.497 e. The van der Waals surface area contributed by atoms with Gasteiger partial charge in [-0.05, 0) is 29.2 Å². The molecule has 3 atom stereocenters. The molecule has 112 valence electrons. The summed E-state index contributed by atoms with van der Waals surface area (Å²) in [4.78, 5) is 0. The maximum Gasteiger partial charge on any atom is 0.118 e. The third-order valence-electron chi connectivity index (χ3n) is 4.19. The van der Waals surface area contributed by atoms with Crippen LogP contribution in [-0.2, 0) is 0 Å². The lowest BCUT2D eigenvalue weighted by Gasteiger charge is -2.28. The molecule has 0 spiro atoms. The lowest BCUT2D eigenvalue weighted by Crippen LogP contribution is -2.15. The number of methoxy groups -OCH3 is 1. The van der Waals surface area contributed by atoms with Gasteiger partial charge in [-0.2, -0.15) is 0 Å². The molecule has 2 aromatic carbocycles. The van der Waals surface area contributed by atoms with E-state index in [2.05, 4.69) is 50.2 Å². The zero-order valence-corrected chi connectivity index (χ0v) is 13.7. The highest BCUT2D eigenvalue weighted by atomic mass is 35.5. The van der Waals surface area contributed by atoms with Crippen molar-refractivity contribution in [2.24, 2.45) is 5.92 Å². The molecule has 0 aliphatic carbocycles. The quantitative estimate of drug-likeness (QED) is 0.612. The molecule has 2 rings (SSSR count). The van der Waals surface area contributed by atoms with Gasteiger partial charge in [-0.15, -0.1) is 11.6 Å². The Morgan fingerprint density at radius 3 is 2.10 bits per heavy atom. The molecule has 0 saturated carbocycles. The van der Waals surface area contributed by atoms with E-state index in [1.54, 1.807) is 7.11 Å². The predicted octanol–water partition coefficient (Wildman–Crippen LogP) is 5.81. The average molecular weight is 303 g/mol. The number of alkyl halides is 1. The zero-order chi connectivity index (χ0) is 15.2. The van der Waals surface area contributed by atoms with E-state index in [9.17, 15) is 0 Å². The Balaban J connectivity index is 2.31. The van der Waals surface area contributed by atoms with Crippen molar-refractivity contribution < 1.29 is 4.74 Å². The molecule has 0 fully saturated rings. The molecule has 0 amide bonds. The molecule has 0 heterocycles. The summed E-state index contributed by atoms with van der Waals surface area (Å²) in [6.07, 6.45) is 1.11. The predicted molar refractivity (Wildman–Crippen MR) is 90.2 cm³/mol. The van der Waals surface area contributed by atoms with Gasteiger partial charge in [0.15, 0.2) is 0 Å². The summed E-state index contributed by atoms with van der Waals surface area (Å²) in [5.74, 6) is 1.70. The van der Waals surface area contributed by atoms with Gasteiger partial charge in [-0.25, -0.2) is 0 Å². The van der Waals surface area contributed by atoms with Crippen molar-refractivity contribution in [3.8, 4) is 5.75 Å². The molecule has 0 aliphatic heterocycles. The second-order valence-corrected chi connectivity index (χ2v) is 5.97. The fraction of sp³-hybridized carbons (Fsp3) is 0.368. The van der Waals surface area contributed by atoms with Crippen LogP contribution in [0.15, 0.2) is 54.6 Å². The van der Waals surface area contributed by atoms with E-state index >= 15 is 0 Å². The van der Waals surface area contributed by atoms with Gasteiger partial charge < -0.3 is 4.74 Å². The van der Waals surface area contributed by atoms with E-state index in [0.29, 0.717) is 11.8 Å². The van der Waals surface area contributed by atoms with Crippen molar-refractivity contribution in [2.75, 3.05) is 7.11 Å². The van der Waals surface area contributed by atoms with Gasteiger partial charge in [0, 0.05) is 5.92 Å². The maximum atomic E-state index is 6.84. The van der Waals surface area contributed by atoms with Crippen LogP contribution < -0.4 is 4.74 Å². The number of hydrogen-bond acceptors (Lipinski definition) is 1. The van der Waals surface area contributed by atoms with Gasteiger partial charge in [-0.3, -0.25) is 0 Å². The largest absolute Gasteiger partial charge is 0.497 e. The fourth-order valence-electron chi connectivity index (χ4n) is 2.71. The molecule has 21 heavy (non-hydrogen) atoms. The molecule has 3 unspecified atom stereocenters. The first kappa shape index (κ1) is 15.9. The zero-order valence-electron chi connectivity index (χ0n) is 12.9. The number of hydrogen-bond donors (Lipinski definition) is 0. The average Bonchev–Trinajstić information content (AvgIpc) is 2.55. The van der Waals surface area contributed by atoms with Crippen LogP contribution >= 0.6 is 11.6 Å². The highest BCUT2D eigenvalue weighted by Crippen LogP contribution is 2.42. The van der Waals surface area contributed by atoms with E-state index in [1.807, 2.05) is 18.2 Å². The number of benzene rings is 2. The second-order valence-electron chi connectivity index (χ2n) is 5.50. The lowest BCUT2D eigenvalue weighted by atomic mass is 9.81. The monoisotopic (exact) mass is 302 g/mol. The molecule has 2 heteroatoms. The number of rotatable bonds is 6. The Hall–Kier alpha value is -1.47. The Kier molecular flexibility index (Phi) is 5.69. The molecule has 0 aromatic heterocycles. The molecule has 1 nitrogen and oxygen atoms in total. The number of ether oxygens (including phenoxy) is 1. The molecule has 0 bridgehead atoms. The van der Waals surface area contributed by atoms with Crippen LogP contribution in [-0.4, -0.2) is 7.11 Å². The van der Waals surface area contributed by atoms with Crippen molar-refractivity contribution in [2.45, 2.75) is 31.6 Å². The Morgan fingerprint density at radius 1 is 0.952 bits per heavy atom. The van der Waals surface area contributed by atoms with Crippen molar-refractivity contribution >= 4 is 11.6 Å². The first-order valence-electron chi connectivity index (χ1n) is 7.50. The van der Waals surface area contributed by atoms with Gasteiger partial charge >= 0.3 is 0 Å². The van der Waals surface area contributed by atoms with Gasteiger partial charge in [0.25, 0.3) is 0 Å². The SMILES string of the molecule is CCC(C)C(c1ccccc1)C(Cl)c1ccc(OC)cc1. The van der Waals surface area contributed by atoms with Crippen molar-refractivity contribution in [1.29, 1.82) is 0 Å². The van der Waals surface area contributed by atoms with E-state index in [1.165, 1.54) is 5.56 Å². The standard InChI is InChI=1S/C19H23ClO/c1-4-14(2)18(15-8-6-5-7-9-15)19(20)16-10-12-17(21-3)13-11-16/h5-14,18-19H,4H2,1-3H3. The van der Waals surface area contributed by atoms with E-state index in [-0.39, 0.29) is 5.38 Å². The summed E-state index contributed by atoms with van der Waals surface area (Å²) in [6.45, 7) is 4.49. The third kappa shape index (κ3) is 3.79. The van der Waals surface area contributed by atoms with Gasteiger partial charge in [0.2, 0.25) is 0 Å². The number of halogens is 1. The normalized spacial score (nSPS) is 15.2. The lowest BCUT2D eigenvalue weighted by molar-refractivity contribution is 0.413.